The van der Waals surface area contributed by atoms with Gasteiger partial charge in [0, 0.05) is 19.6 Å². The number of likely N-dealkylation sites (tertiary alicyclic amines) is 1. The van der Waals surface area contributed by atoms with Gasteiger partial charge in [0.2, 0.25) is 0 Å². The van der Waals surface area contributed by atoms with Crippen LogP contribution in [0.15, 0.2) is 23.2 Å². The molecule has 0 amide bonds. The second kappa shape index (κ2) is 8.27. The van der Waals surface area contributed by atoms with Crippen LogP contribution >= 0.6 is 0 Å². The summed E-state index contributed by atoms with van der Waals surface area (Å²) in [5.74, 6) is 2.54. The van der Waals surface area contributed by atoms with Gasteiger partial charge in [-0.25, -0.2) is 4.99 Å². The summed E-state index contributed by atoms with van der Waals surface area (Å²) >= 11 is 0. The molecule has 1 N–H and O–H groups in total. The average Bonchev–Trinajstić information content (AvgIpc) is 2.92. The van der Waals surface area contributed by atoms with Crippen LogP contribution in [0.2, 0.25) is 0 Å². The zero-order valence-electron chi connectivity index (χ0n) is 15.7. The summed E-state index contributed by atoms with van der Waals surface area (Å²) in [5, 5.41) is 3.41. The molecule has 5 heteroatoms. The SMILES string of the molecule is CCNC(=NCc1ccc(OC)c(OCC)c1)N1CCC(C)(C)C1. The van der Waals surface area contributed by atoms with E-state index in [4.69, 9.17) is 14.5 Å². The van der Waals surface area contributed by atoms with E-state index in [0.717, 1.165) is 42.7 Å². The van der Waals surface area contributed by atoms with Crippen LogP contribution in [0.3, 0.4) is 0 Å². The molecule has 0 atom stereocenters. The van der Waals surface area contributed by atoms with Crippen molar-refractivity contribution in [2.75, 3.05) is 33.4 Å². The second-order valence-electron chi connectivity index (χ2n) is 6.92. The van der Waals surface area contributed by atoms with Gasteiger partial charge in [0.15, 0.2) is 17.5 Å². The maximum Gasteiger partial charge on any atom is 0.194 e. The van der Waals surface area contributed by atoms with Crippen LogP contribution in [0.5, 0.6) is 11.5 Å². The third kappa shape index (κ3) is 4.79. The number of nitrogens with zero attached hydrogens (tertiary/aromatic N) is 2. The number of nitrogens with one attached hydrogen (secondary N) is 1. The van der Waals surface area contributed by atoms with E-state index in [0.29, 0.717) is 18.6 Å². The van der Waals surface area contributed by atoms with E-state index in [1.807, 2.05) is 25.1 Å². The van der Waals surface area contributed by atoms with Crippen LogP contribution < -0.4 is 14.8 Å². The Morgan fingerprint density at radius 2 is 2.08 bits per heavy atom. The smallest absolute Gasteiger partial charge is 0.194 e. The Kier molecular flexibility index (Phi) is 6.35. The summed E-state index contributed by atoms with van der Waals surface area (Å²) in [6, 6.07) is 6.01. The monoisotopic (exact) mass is 333 g/mol. The third-order valence-electron chi connectivity index (χ3n) is 4.25. The molecule has 0 unspecified atom stereocenters. The molecule has 1 aromatic rings. The van der Waals surface area contributed by atoms with Crippen molar-refractivity contribution in [2.45, 2.75) is 40.7 Å². The molecule has 1 fully saturated rings. The van der Waals surface area contributed by atoms with Gasteiger partial charge in [-0.05, 0) is 43.4 Å². The third-order valence-corrected chi connectivity index (χ3v) is 4.25. The van der Waals surface area contributed by atoms with Gasteiger partial charge in [-0.1, -0.05) is 19.9 Å². The topological polar surface area (TPSA) is 46.1 Å². The molecule has 1 aromatic carbocycles. The minimum absolute atomic E-state index is 0.360. The van der Waals surface area contributed by atoms with E-state index >= 15 is 0 Å². The molecular weight excluding hydrogens is 302 g/mol. The number of aliphatic imine (C=N–C) groups is 1. The highest BCUT2D eigenvalue weighted by atomic mass is 16.5. The Morgan fingerprint density at radius 3 is 2.67 bits per heavy atom. The lowest BCUT2D eigenvalue weighted by Crippen LogP contribution is -2.40. The first-order valence-corrected chi connectivity index (χ1v) is 8.82. The maximum absolute atomic E-state index is 5.65. The number of ether oxygens (including phenoxy) is 2. The highest BCUT2D eigenvalue weighted by molar-refractivity contribution is 5.80. The Bertz CT molecular complexity index is 570. The molecule has 0 radical (unpaired) electrons. The molecule has 0 aliphatic carbocycles. The fraction of sp³-hybridized carbons (Fsp3) is 0.632. The quantitative estimate of drug-likeness (QED) is 0.641. The summed E-state index contributed by atoms with van der Waals surface area (Å²) in [5.41, 5.74) is 1.48. The van der Waals surface area contributed by atoms with E-state index in [1.54, 1.807) is 7.11 Å². The van der Waals surface area contributed by atoms with E-state index in [9.17, 15) is 0 Å². The highest BCUT2D eigenvalue weighted by Crippen LogP contribution is 2.30. The van der Waals surface area contributed by atoms with E-state index < -0.39 is 0 Å². The number of rotatable bonds is 6. The van der Waals surface area contributed by atoms with Gasteiger partial charge in [0.1, 0.15) is 0 Å². The zero-order valence-corrected chi connectivity index (χ0v) is 15.7. The van der Waals surface area contributed by atoms with Crippen molar-refractivity contribution in [3.05, 3.63) is 23.8 Å². The molecule has 1 aliphatic heterocycles. The van der Waals surface area contributed by atoms with Crippen LogP contribution in [-0.2, 0) is 6.54 Å². The number of benzene rings is 1. The Hall–Kier alpha value is -1.91. The first kappa shape index (κ1) is 18.4. The molecule has 0 bridgehead atoms. The van der Waals surface area contributed by atoms with Gasteiger partial charge >= 0.3 is 0 Å². The average molecular weight is 333 g/mol. The van der Waals surface area contributed by atoms with Crippen LogP contribution in [0.25, 0.3) is 0 Å². The summed E-state index contributed by atoms with van der Waals surface area (Å²) in [6.45, 7) is 12.9. The number of methoxy groups -OCH3 is 1. The molecule has 134 valence electrons. The van der Waals surface area contributed by atoms with Crippen LogP contribution in [0.1, 0.15) is 39.7 Å². The standard InChI is InChI=1S/C19H31N3O2/c1-6-20-18(22-11-10-19(3,4)14-22)21-13-15-8-9-16(23-5)17(12-15)24-7-2/h8-9,12H,6-7,10-11,13-14H2,1-5H3,(H,20,21). The van der Waals surface area contributed by atoms with E-state index in [-0.39, 0.29) is 0 Å². The molecular formula is C19H31N3O2. The molecule has 24 heavy (non-hydrogen) atoms. The molecule has 0 aromatic heterocycles. The highest BCUT2D eigenvalue weighted by Gasteiger charge is 2.30. The summed E-state index contributed by atoms with van der Waals surface area (Å²) in [4.78, 5) is 7.18. The van der Waals surface area contributed by atoms with Crippen molar-refractivity contribution in [3.63, 3.8) is 0 Å². The van der Waals surface area contributed by atoms with Crippen LogP contribution in [0, 0.1) is 5.41 Å². The summed E-state index contributed by atoms with van der Waals surface area (Å²) in [7, 11) is 1.66. The maximum atomic E-state index is 5.65. The van der Waals surface area contributed by atoms with Crippen molar-refractivity contribution in [1.29, 1.82) is 0 Å². The fourth-order valence-electron chi connectivity index (χ4n) is 2.97. The normalized spacial score (nSPS) is 17.0. The van der Waals surface area contributed by atoms with Crippen molar-refractivity contribution in [3.8, 4) is 11.5 Å². The lowest BCUT2D eigenvalue weighted by Gasteiger charge is -2.23. The van der Waals surface area contributed by atoms with Gasteiger partial charge in [0.25, 0.3) is 0 Å². The van der Waals surface area contributed by atoms with Gasteiger partial charge in [-0.2, -0.15) is 0 Å². The fourth-order valence-corrected chi connectivity index (χ4v) is 2.97. The second-order valence-corrected chi connectivity index (χ2v) is 6.92. The summed E-state index contributed by atoms with van der Waals surface area (Å²) in [6.07, 6.45) is 1.20. The largest absolute Gasteiger partial charge is 0.493 e. The van der Waals surface area contributed by atoms with Crippen molar-refractivity contribution >= 4 is 5.96 Å². The predicted octanol–water partition coefficient (Wildman–Crippen LogP) is 3.29. The molecule has 1 saturated heterocycles. The predicted molar refractivity (Wildman–Crippen MR) is 98.9 cm³/mol. The Morgan fingerprint density at radius 1 is 1.29 bits per heavy atom. The van der Waals surface area contributed by atoms with Crippen LogP contribution in [0.4, 0.5) is 0 Å². The van der Waals surface area contributed by atoms with Gasteiger partial charge in [-0.15, -0.1) is 0 Å². The lowest BCUT2D eigenvalue weighted by atomic mass is 9.93. The molecule has 0 spiro atoms. The van der Waals surface area contributed by atoms with Crippen LogP contribution in [-0.4, -0.2) is 44.2 Å². The molecule has 1 heterocycles. The van der Waals surface area contributed by atoms with Gasteiger partial charge in [0.05, 0.1) is 20.3 Å². The minimum atomic E-state index is 0.360. The zero-order chi connectivity index (χ0) is 17.6. The molecule has 1 aliphatic rings. The van der Waals surface area contributed by atoms with Crippen molar-refractivity contribution < 1.29 is 9.47 Å². The number of hydrogen-bond donors (Lipinski definition) is 1. The Balaban J connectivity index is 2.12. The van der Waals surface area contributed by atoms with E-state index in [2.05, 4.69) is 31.0 Å². The molecule has 0 saturated carbocycles. The first-order chi connectivity index (χ1) is 11.5. The van der Waals surface area contributed by atoms with Gasteiger partial charge < -0.3 is 19.7 Å². The Labute approximate surface area is 146 Å². The van der Waals surface area contributed by atoms with Crippen molar-refractivity contribution in [2.24, 2.45) is 10.4 Å². The van der Waals surface area contributed by atoms with Gasteiger partial charge in [-0.3, -0.25) is 0 Å². The van der Waals surface area contributed by atoms with Crippen molar-refractivity contribution in [1.82, 2.24) is 10.2 Å². The number of guanidine groups is 1. The molecule has 5 nitrogen and oxygen atoms in total. The summed E-state index contributed by atoms with van der Waals surface area (Å²) < 4.78 is 11.0. The van der Waals surface area contributed by atoms with E-state index in [1.165, 1.54) is 6.42 Å². The first-order valence-electron chi connectivity index (χ1n) is 8.82. The number of hydrogen-bond acceptors (Lipinski definition) is 3. The lowest BCUT2D eigenvalue weighted by molar-refractivity contribution is 0.310. The minimum Gasteiger partial charge on any atom is -0.493 e. The molecule has 2 rings (SSSR count).